The molecule has 1 aromatic heterocycles. The van der Waals surface area contributed by atoms with E-state index < -0.39 is 0 Å². The lowest BCUT2D eigenvalue weighted by atomic mass is 10.0. The summed E-state index contributed by atoms with van der Waals surface area (Å²) in [7, 11) is 0. The van der Waals surface area contributed by atoms with Gasteiger partial charge in [0.25, 0.3) is 0 Å². The average molecular weight is 334 g/mol. The first-order valence-electron chi connectivity index (χ1n) is 6.84. The molecule has 0 fully saturated rings. The maximum atomic E-state index is 11.9. The van der Waals surface area contributed by atoms with Gasteiger partial charge in [-0.1, -0.05) is 47.5 Å². The third kappa shape index (κ3) is 2.70. The van der Waals surface area contributed by atoms with Crippen LogP contribution in [0.3, 0.4) is 0 Å². The molecule has 0 amide bonds. The lowest BCUT2D eigenvalue weighted by Gasteiger charge is -2.06. The number of halogens is 2. The van der Waals surface area contributed by atoms with Crippen molar-refractivity contribution in [1.29, 1.82) is 0 Å². The normalized spacial score (nSPS) is 10.9. The molecule has 1 N–H and O–H groups in total. The molecular weight excluding hydrogens is 321 g/mol. The molecule has 0 aliphatic rings. The van der Waals surface area contributed by atoms with Crippen molar-refractivity contribution in [3.05, 3.63) is 58.2 Å². The Bertz CT molecular complexity index is 855. The molecule has 5 heteroatoms. The molecule has 0 radical (unpaired) electrons. The van der Waals surface area contributed by atoms with Crippen molar-refractivity contribution in [1.82, 2.24) is 4.98 Å². The van der Waals surface area contributed by atoms with Gasteiger partial charge in [-0.3, -0.25) is 0 Å². The van der Waals surface area contributed by atoms with Gasteiger partial charge in [-0.25, -0.2) is 4.79 Å². The largest absolute Gasteiger partial charge is 0.461 e. The van der Waals surface area contributed by atoms with Gasteiger partial charge in [0.2, 0.25) is 0 Å². The van der Waals surface area contributed by atoms with Gasteiger partial charge in [-0.2, -0.15) is 0 Å². The molecular formula is C17H13Cl2NO2. The van der Waals surface area contributed by atoms with E-state index in [4.69, 9.17) is 27.9 Å². The summed E-state index contributed by atoms with van der Waals surface area (Å²) in [5.41, 5.74) is 3.04. The van der Waals surface area contributed by atoms with Crippen LogP contribution in [0.2, 0.25) is 10.0 Å². The second-order valence-electron chi connectivity index (χ2n) is 4.80. The number of carbonyl (C=O) groups is 1. The summed E-state index contributed by atoms with van der Waals surface area (Å²) < 4.78 is 5.03. The monoisotopic (exact) mass is 333 g/mol. The summed E-state index contributed by atoms with van der Waals surface area (Å²) in [6.07, 6.45) is 0. The summed E-state index contributed by atoms with van der Waals surface area (Å²) in [5, 5.41) is 2.07. The molecule has 3 aromatic rings. The van der Waals surface area contributed by atoms with Crippen molar-refractivity contribution in [3.8, 4) is 11.1 Å². The van der Waals surface area contributed by atoms with E-state index in [1.54, 1.807) is 25.1 Å². The van der Waals surface area contributed by atoms with Crippen molar-refractivity contribution in [3.63, 3.8) is 0 Å². The van der Waals surface area contributed by atoms with Gasteiger partial charge in [0, 0.05) is 26.6 Å². The number of aromatic nitrogens is 1. The molecule has 22 heavy (non-hydrogen) atoms. The minimum Gasteiger partial charge on any atom is -0.461 e. The quantitative estimate of drug-likeness (QED) is 0.659. The number of hydrogen-bond acceptors (Lipinski definition) is 2. The van der Waals surface area contributed by atoms with Crippen LogP contribution in [0.1, 0.15) is 17.4 Å². The van der Waals surface area contributed by atoms with Crippen LogP contribution >= 0.6 is 23.2 Å². The molecule has 3 nitrogen and oxygen atoms in total. The van der Waals surface area contributed by atoms with Crippen LogP contribution in [0.5, 0.6) is 0 Å². The van der Waals surface area contributed by atoms with E-state index >= 15 is 0 Å². The van der Waals surface area contributed by atoms with Gasteiger partial charge in [0.05, 0.1) is 12.1 Å². The van der Waals surface area contributed by atoms with Gasteiger partial charge in [0.15, 0.2) is 0 Å². The van der Waals surface area contributed by atoms with Gasteiger partial charge in [-0.05, 0) is 25.1 Å². The van der Waals surface area contributed by atoms with Crippen molar-refractivity contribution >= 4 is 40.1 Å². The number of aromatic amines is 1. The second kappa shape index (κ2) is 6.03. The molecule has 0 spiro atoms. The Morgan fingerprint density at radius 3 is 2.68 bits per heavy atom. The molecule has 0 aliphatic carbocycles. The van der Waals surface area contributed by atoms with Gasteiger partial charge in [-0.15, -0.1) is 0 Å². The molecule has 0 bridgehead atoms. The molecule has 112 valence electrons. The Morgan fingerprint density at radius 1 is 1.14 bits per heavy atom. The SMILES string of the molecule is CCOC(=O)c1cc2cccc(-c3ccc(Cl)cc3Cl)c2[nH]1. The van der Waals surface area contributed by atoms with E-state index in [0.29, 0.717) is 22.3 Å². The van der Waals surface area contributed by atoms with Crippen LogP contribution < -0.4 is 0 Å². The van der Waals surface area contributed by atoms with Crippen molar-refractivity contribution in [2.75, 3.05) is 6.61 Å². The average Bonchev–Trinajstić information content (AvgIpc) is 2.92. The molecule has 0 atom stereocenters. The third-order valence-electron chi connectivity index (χ3n) is 3.37. The van der Waals surface area contributed by atoms with Crippen LogP contribution in [0, 0.1) is 0 Å². The van der Waals surface area contributed by atoms with Crippen LogP contribution in [-0.4, -0.2) is 17.6 Å². The Hall–Kier alpha value is -1.97. The van der Waals surface area contributed by atoms with E-state index in [-0.39, 0.29) is 5.97 Å². The summed E-state index contributed by atoms with van der Waals surface area (Å²) in [4.78, 5) is 15.0. The maximum absolute atomic E-state index is 11.9. The fourth-order valence-corrected chi connectivity index (χ4v) is 2.92. The van der Waals surface area contributed by atoms with Crippen molar-refractivity contribution < 1.29 is 9.53 Å². The molecule has 1 heterocycles. The van der Waals surface area contributed by atoms with E-state index in [9.17, 15) is 4.79 Å². The number of esters is 1. The second-order valence-corrected chi connectivity index (χ2v) is 5.64. The summed E-state index contributed by atoms with van der Waals surface area (Å²) in [6.45, 7) is 2.11. The zero-order valence-electron chi connectivity index (χ0n) is 11.8. The van der Waals surface area contributed by atoms with Crippen molar-refractivity contribution in [2.45, 2.75) is 6.92 Å². The zero-order valence-corrected chi connectivity index (χ0v) is 13.3. The number of para-hydroxylation sites is 1. The van der Waals surface area contributed by atoms with Crippen LogP contribution in [0.4, 0.5) is 0 Å². The minimum absolute atomic E-state index is 0.337. The zero-order chi connectivity index (χ0) is 15.7. The van der Waals surface area contributed by atoms with E-state index in [1.807, 2.05) is 24.3 Å². The topological polar surface area (TPSA) is 42.1 Å². The first kappa shape index (κ1) is 14.9. The Balaban J connectivity index is 2.16. The fraction of sp³-hybridized carbons (Fsp3) is 0.118. The van der Waals surface area contributed by atoms with Crippen molar-refractivity contribution in [2.24, 2.45) is 0 Å². The summed E-state index contributed by atoms with van der Waals surface area (Å²) in [6, 6.07) is 12.9. The number of benzene rings is 2. The first-order valence-corrected chi connectivity index (χ1v) is 7.60. The van der Waals surface area contributed by atoms with Gasteiger partial charge < -0.3 is 9.72 Å². The third-order valence-corrected chi connectivity index (χ3v) is 3.92. The number of rotatable bonds is 3. The molecule has 3 rings (SSSR count). The lowest BCUT2D eigenvalue weighted by Crippen LogP contribution is -2.04. The van der Waals surface area contributed by atoms with Crippen LogP contribution in [-0.2, 0) is 4.74 Å². The summed E-state index contributed by atoms with van der Waals surface area (Å²) >= 11 is 12.2. The number of fused-ring (bicyclic) bond motifs is 1. The number of H-pyrrole nitrogens is 1. The summed E-state index contributed by atoms with van der Waals surface area (Å²) in [5.74, 6) is -0.369. The highest BCUT2D eigenvalue weighted by molar-refractivity contribution is 6.36. The number of nitrogens with one attached hydrogen (secondary N) is 1. The number of carbonyl (C=O) groups excluding carboxylic acids is 1. The molecule has 2 aromatic carbocycles. The lowest BCUT2D eigenvalue weighted by molar-refractivity contribution is 0.0520. The molecule has 0 saturated carbocycles. The van der Waals surface area contributed by atoms with E-state index in [1.165, 1.54) is 0 Å². The highest BCUT2D eigenvalue weighted by Crippen LogP contribution is 2.34. The predicted molar refractivity (Wildman–Crippen MR) is 89.7 cm³/mol. The van der Waals surface area contributed by atoms with Crippen LogP contribution in [0.25, 0.3) is 22.0 Å². The Kier molecular flexibility index (Phi) is 4.10. The maximum Gasteiger partial charge on any atom is 0.354 e. The minimum atomic E-state index is -0.369. The molecule has 0 saturated heterocycles. The predicted octanol–water partition coefficient (Wildman–Crippen LogP) is 5.32. The number of ether oxygens (including phenoxy) is 1. The Labute approximate surface area is 137 Å². The standard InChI is InChI=1S/C17H13Cl2NO2/c1-2-22-17(21)15-8-10-4-3-5-13(16(10)20-15)12-7-6-11(18)9-14(12)19/h3-9,20H,2H2,1H3. The molecule has 0 aliphatic heterocycles. The van der Waals surface area contributed by atoms with Gasteiger partial charge >= 0.3 is 5.97 Å². The molecule has 0 unspecified atom stereocenters. The smallest absolute Gasteiger partial charge is 0.354 e. The van der Waals surface area contributed by atoms with E-state index in [0.717, 1.165) is 22.0 Å². The fourth-order valence-electron chi connectivity index (χ4n) is 2.41. The number of hydrogen-bond donors (Lipinski definition) is 1. The highest BCUT2D eigenvalue weighted by Gasteiger charge is 2.14. The Morgan fingerprint density at radius 2 is 1.95 bits per heavy atom. The van der Waals surface area contributed by atoms with Crippen LogP contribution in [0.15, 0.2) is 42.5 Å². The van der Waals surface area contributed by atoms with Gasteiger partial charge in [0.1, 0.15) is 5.69 Å². The highest BCUT2D eigenvalue weighted by atomic mass is 35.5. The van der Waals surface area contributed by atoms with E-state index in [2.05, 4.69) is 4.98 Å². The first-order chi connectivity index (χ1) is 10.6.